The first-order valence-electron chi connectivity index (χ1n) is 16.9. The molecule has 0 bridgehead atoms. The van der Waals surface area contributed by atoms with Gasteiger partial charge in [0.15, 0.2) is 23.1 Å². The first-order valence-corrected chi connectivity index (χ1v) is 16.9. The first kappa shape index (κ1) is 27.9. The van der Waals surface area contributed by atoms with Crippen molar-refractivity contribution in [1.82, 2.24) is 19.5 Å². The Kier molecular flexibility index (Phi) is 5.86. The number of hydrogen-bond acceptors (Lipinski definition) is 5. The highest BCUT2D eigenvalue weighted by molar-refractivity contribution is 6.21. The van der Waals surface area contributed by atoms with E-state index in [1.807, 2.05) is 66.7 Å². The molecule has 0 fully saturated rings. The van der Waals surface area contributed by atoms with Gasteiger partial charge in [0.25, 0.3) is 0 Å². The van der Waals surface area contributed by atoms with Gasteiger partial charge in [0.05, 0.1) is 11.0 Å². The minimum Gasteiger partial charge on any atom is -0.456 e. The second kappa shape index (κ2) is 10.7. The van der Waals surface area contributed by atoms with Gasteiger partial charge in [-0.05, 0) is 54.6 Å². The maximum Gasteiger partial charge on any atom is 0.164 e. The highest BCUT2D eigenvalue weighted by Gasteiger charge is 2.20. The monoisotopic (exact) mass is 654 g/mol. The van der Waals surface area contributed by atoms with E-state index >= 15 is 0 Å². The molecule has 238 valence electrons. The lowest BCUT2D eigenvalue weighted by Gasteiger charge is -2.08. The van der Waals surface area contributed by atoms with E-state index in [9.17, 15) is 0 Å². The molecule has 0 aliphatic carbocycles. The van der Waals surface area contributed by atoms with E-state index in [1.54, 1.807) is 0 Å². The summed E-state index contributed by atoms with van der Waals surface area (Å²) in [6.07, 6.45) is 0. The molecule has 7 aromatic carbocycles. The van der Waals surface area contributed by atoms with Crippen molar-refractivity contribution in [2.45, 2.75) is 0 Å². The van der Waals surface area contributed by atoms with Gasteiger partial charge in [-0.25, -0.2) is 15.0 Å². The Morgan fingerprint density at radius 3 is 1.65 bits per heavy atom. The molecule has 51 heavy (non-hydrogen) atoms. The topological polar surface area (TPSA) is 69.9 Å². The van der Waals surface area contributed by atoms with E-state index in [0.717, 1.165) is 82.7 Å². The van der Waals surface area contributed by atoms with Crippen molar-refractivity contribution >= 4 is 65.7 Å². The fourth-order valence-corrected chi connectivity index (χ4v) is 7.48. The smallest absolute Gasteiger partial charge is 0.164 e. The Labute approximate surface area is 290 Å². The average molecular weight is 655 g/mol. The summed E-state index contributed by atoms with van der Waals surface area (Å²) in [5, 5.41) is 6.57. The summed E-state index contributed by atoms with van der Waals surface area (Å²) in [5.41, 5.74) is 9.14. The fourth-order valence-electron chi connectivity index (χ4n) is 7.48. The summed E-state index contributed by atoms with van der Waals surface area (Å²) in [5.74, 6) is 1.73. The Morgan fingerprint density at radius 1 is 0.373 bits per heavy atom. The van der Waals surface area contributed by atoms with Gasteiger partial charge in [0.1, 0.15) is 16.7 Å². The Hall–Kier alpha value is -7.05. The van der Waals surface area contributed by atoms with Gasteiger partial charge in [0.2, 0.25) is 0 Å². The van der Waals surface area contributed by atoms with Crippen LogP contribution in [0.25, 0.3) is 106 Å². The van der Waals surface area contributed by atoms with E-state index in [1.165, 1.54) is 5.39 Å². The molecule has 6 nitrogen and oxygen atoms in total. The summed E-state index contributed by atoms with van der Waals surface area (Å²) in [6.45, 7) is 0. The zero-order valence-corrected chi connectivity index (χ0v) is 27.1. The largest absolute Gasteiger partial charge is 0.456 e. The van der Waals surface area contributed by atoms with Gasteiger partial charge in [-0.1, -0.05) is 103 Å². The van der Waals surface area contributed by atoms with Gasteiger partial charge < -0.3 is 13.4 Å². The molecule has 11 aromatic rings. The number of fused-ring (bicyclic) bond motifs is 10. The number of para-hydroxylation sites is 3. The SMILES string of the molecule is c1ccc(-c2nc(-c3ccc4c(c3)oc3ccccc34)nc(-c3ccc4c(c3)oc3c4ccc4c5ccccc5n(-c5ccccc5)c43)n2)cc1. The van der Waals surface area contributed by atoms with Crippen LogP contribution in [0.3, 0.4) is 0 Å². The van der Waals surface area contributed by atoms with Crippen molar-refractivity contribution in [3.05, 3.63) is 158 Å². The van der Waals surface area contributed by atoms with E-state index in [2.05, 4.69) is 95.6 Å². The lowest BCUT2D eigenvalue weighted by molar-refractivity contribution is 0.669. The molecule has 0 amide bonds. The number of rotatable bonds is 4. The molecule has 0 saturated carbocycles. The third kappa shape index (κ3) is 4.26. The zero-order chi connectivity index (χ0) is 33.5. The molecule has 0 radical (unpaired) electrons. The van der Waals surface area contributed by atoms with Crippen LogP contribution >= 0.6 is 0 Å². The summed E-state index contributed by atoms with van der Waals surface area (Å²) < 4.78 is 15.3. The van der Waals surface area contributed by atoms with Crippen LogP contribution in [-0.2, 0) is 0 Å². The van der Waals surface area contributed by atoms with Crippen molar-refractivity contribution in [3.63, 3.8) is 0 Å². The first-order chi connectivity index (χ1) is 25.3. The zero-order valence-electron chi connectivity index (χ0n) is 27.1. The van der Waals surface area contributed by atoms with Gasteiger partial charge in [-0.15, -0.1) is 0 Å². The number of benzene rings is 7. The van der Waals surface area contributed by atoms with Crippen LogP contribution in [0.4, 0.5) is 0 Å². The number of aromatic nitrogens is 4. The quantitative estimate of drug-likeness (QED) is 0.189. The molecule has 0 atom stereocenters. The van der Waals surface area contributed by atoms with Crippen molar-refractivity contribution < 1.29 is 8.83 Å². The van der Waals surface area contributed by atoms with Crippen molar-refractivity contribution in [2.24, 2.45) is 0 Å². The fraction of sp³-hybridized carbons (Fsp3) is 0. The molecule has 0 aliphatic rings. The Balaban J connectivity index is 1.12. The van der Waals surface area contributed by atoms with Crippen molar-refractivity contribution in [1.29, 1.82) is 0 Å². The van der Waals surface area contributed by atoms with Crippen LogP contribution in [0.15, 0.2) is 167 Å². The molecular formula is C45H26N4O2. The van der Waals surface area contributed by atoms with E-state index in [0.29, 0.717) is 17.5 Å². The molecule has 4 heterocycles. The van der Waals surface area contributed by atoms with E-state index in [-0.39, 0.29) is 0 Å². The van der Waals surface area contributed by atoms with Crippen LogP contribution < -0.4 is 0 Å². The molecule has 6 heteroatoms. The summed E-state index contributed by atoms with van der Waals surface area (Å²) in [7, 11) is 0. The third-order valence-corrected chi connectivity index (χ3v) is 9.85. The molecule has 0 aliphatic heterocycles. The highest BCUT2D eigenvalue weighted by Crippen LogP contribution is 2.41. The highest BCUT2D eigenvalue weighted by atomic mass is 16.3. The predicted octanol–water partition coefficient (Wildman–Crippen LogP) is 11.8. The third-order valence-electron chi connectivity index (χ3n) is 9.85. The van der Waals surface area contributed by atoms with Crippen LogP contribution in [0.2, 0.25) is 0 Å². The molecule has 0 N–H and O–H groups in total. The van der Waals surface area contributed by atoms with Gasteiger partial charge >= 0.3 is 0 Å². The molecule has 11 rings (SSSR count). The molecular weight excluding hydrogens is 629 g/mol. The van der Waals surface area contributed by atoms with Crippen molar-refractivity contribution in [2.75, 3.05) is 0 Å². The van der Waals surface area contributed by atoms with E-state index < -0.39 is 0 Å². The lowest BCUT2D eigenvalue weighted by Crippen LogP contribution is -2.00. The van der Waals surface area contributed by atoms with Crippen LogP contribution in [-0.4, -0.2) is 19.5 Å². The maximum absolute atomic E-state index is 6.82. The molecule has 0 spiro atoms. The standard InChI is InChI=1S/C45H26N4O2/c1-3-11-27(12-4-1)43-46-44(28-19-21-33-32-16-8-10-18-38(32)50-39(33)25-28)48-45(47-43)29-20-22-34-36-24-23-35-31-15-7-9-17-37(31)49(30-13-5-2-6-14-30)41(35)42(36)51-40(34)26-29/h1-26H. The number of furan rings is 2. The minimum absolute atomic E-state index is 0.564. The second-order valence-corrected chi connectivity index (χ2v) is 12.8. The second-order valence-electron chi connectivity index (χ2n) is 12.8. The Morgan fingerprint density at radius 2 is 0.902 bits per heavy atom. The van der Waals surface area contributed by atoms with Gasteiger partial charge in [-0.3, -0.25) is 0 Å². The van der Waals surface area contributed by atoms with E-state index in [4.69, 9.17) is 23.8 Å². The normalized spacial score (nSPS) is 11.9. The van der Waals surface area contributed by atoms with Crippen LogP contribution in [0.5, 0.6) is 0 Å². The Bertz CT molecular complexity index is 3140. The summed E-state index contributed by atoms with van der Waals surface area (Å²) >= 11 is 0. The van der Waals surface area contributed by atoms with Gasteiger partial charge in [0, 0.05) is 54.7 Å². The molecule has 4 aromatic heterocycles. The molecule has 0 unspecified atom stereocenters. The summed E-state index contributed by atoms with van der Waals surface area (Å²) in [6, 6.07) is 53.9. The van der Waals surface area contributed by atoms with Crippen molar-refractivity contribution in [3.8, 4) is 39.9 Å². The van der Waals surface area contributed by atoms with Crippen LogP contribution in [0.1, 0.15) is 0 Å². The lowest BCUT2D eigenvalue weighted by atomic mass is 10.1. The number of hydrogen-bond donors (Lipinski definition) is 0. The number of nitrogens with zero attached hydrogens (tertiary/aromatic N) is 4. The molecule has 0 saturated heterocycles. The van der Waals surface area contributed by atoms with Gasteiger partial charge in [-0.2, -0.15) is 0 Å². The maximum atomic E-state index is 6.82. The average Bonchev–Trinajstić information content (AvgIpc) is 3.87. The van der Waals surface area contributed by atoms with Crippen LogP contribution in [0, 0.1) is 0 Å². The summed E-state index contributed by atoms with van der Waals surface area (Å²) in [4.78, 5) is 15.0. The minimum atomic E-state index is 0.564. The predicted molar refractivity (Wildman–Crippen MR) is 205 cm³/mol.